The maximum Gasteiger partial charge on any atom is 0.143 e. The first-order valence-corrected chi connectivity index (χ1v) is 19.5. The number of fused-ring (bicyclic) bond motifs is 6. The summed E-state index contributed by atoms with van der Waals surface area (Å²) in [4.78, 5) is 1.85. The van der Waals surface area contributed by atoms with Crippen LogP contribution in [0, 0.1) is 0 Å². The van der Waals surface area contributed by atoms with Crippen molar-refractivity contribution in [3.05, 3.63) is 224 Å². The van der Waals surface area contributed by atoms with Gasteiger partial charge < -0.3 is 9.32 Å². The molecule has 0 atom stereocenters. The fraction of sp³-hybridized carbons (Fsp3) is 0. The number of hydrogen-bond donors (Lipinski definition) is 0. The van der Waals surface area contributed by atoms with Crippen LogP contribution in [-0.4, -0.2) is 0 Å². The van der Waals surface area contributed by atoms with Crippen LogP contribution in [0.15, 0.2) is 229 Å². The summed E-state index contributed by atoms with van der Waals surface area (Å²) in [5.41, 5.74) is 10.2. The van der Waals surface area contributed by atoms with Gasteiger partial charge in [0.25, 0.3) is 0 Å². The Labute approximate surface area is 343 Å². The average molecular weight is 744 g/mol. The van der Waals surface area contributed by atoms with E-state index in [9.17, 15) is 5.48 Å². The molecule has 2 nitrogen and oxygen atoms in total. The second-order valence-electron chi connectivity index (χ2n) is 14.6. The van der Waals surface area contributed by atoms with E-state index in [0.29, 0.717) is 16.9 Å². The van der Waals surface area contributed by atoms with Crippen LogP contribution in [0.25, 0.3) is 88.0 Å². The molecule has 10 aromatic carbocycles. The molecule has 2 heteroatoms. The monoisotopic (exact) mass is 743 g/mol. The molecule has 0 unspecified atom stereocenters. The summed E-state index contributed by atoms with van der Waals surface area (Å²) in [6.45, 7) is 0. The fourth-order valence-corrected chi connectivity index (χ4v) is 8.21. The van der Waals surface area contributed by atoms with Crippen LogP contribution in [0.4, 0.5) is 17.1 Å². The number of rotatable bonds is 7. The average Bonchev–Trinajstić information content (AvgIpc) is 3.73. The summed E-state index contributed by atoms with van der Waals surface area (Å²) in [7, 11) is 0. The summed E-state index contributed by atoms with van der Waals surface area (Å²) < 4.78 is 44.5. The lowest BCUT2D eigenvalue weighted by Crippen LogP contribution is -2.09. The number of furan rings is 1. The van der Waals surface area contributed by atoms with Crippen LogP contribution in [-0.2, 0) is 0 Å². The Balaban J connectivity index is 1.05. The molecule has 1 aromatic heterocycles. The van der Waals surface area contributed by atoms with Crippen LogP contribution in [0.2, 0.25) is 0 Å². The van der Waals surface area contributed by atoms with E-state index >= 15 is 0 Å². The Bertz CT molecular complexity index is 3480. The zero-order valence-corrected chi connectivity index (χ0v) is 31.4. The number of benzene rings is 10. The molecule has 0 N–H and O–H groups in total. The standard InChI is InChI=1S/C56H37NO/c1-2-10-38(11-3-1)45-15-8-16-46(36-45)40-22-29-48(30-23-40)57(49-31-24-41(25-32-49)47-21-20-39-12-4-5-14-44(39)37-47)50-33-26-43(27-34-50)51-18-9-19-54-55(51)53-35-28-42-13-6-7-17-52(42)56(53)58-54/h1-37H/i22D,23D,29D,30D. The highest BCUT2D eigenvalue weighted by atomic mass is 16.3. The van der Waals surface area contributed by atoms with Gasteiger partial charge in [-0.2, -0.15) is 0 Å². The highest BCUT2D eigenvalue weighted by Gasteiger charge is 2.17. The molecule has 272 valence electrons. The lowest BCUT2D eigenvalue weighted by molar-refractivity contribution is 0.673. The summed E-state index contributed by atoms with van der Waals surface area (Å²) in [5, 5.41) is 6.60. The van der Waals surface area contributed by atoms with E-state index in [1.807, 2.05) is 120 Å². The van der Waals surface area contributed by atoms with Crippen LogP contribution < -0.4 is 4.90 Å². The van der Waals surface area contributed by atoms with Gasteiger partial charge >= 0.3 is 0 Å². The normalized spacial score (nSPS) is 12.4. The zero-order chi connectivity index (χ0) is 41.9. The Morgan fingerprint density at radius 2 is 0.914 bits per heavy atom. The molecule has 0 fully saturated rings. The minimum absolute atomic E-state index is 0.105. The molecule has 0 aliphatic carbocycles. The van der Waals surface area contributed by atoms with Gasteiger partial charge in [-0.3, -0.25) is 0 Å². The first-order chi connectivity index (χ1) is 30.4. The summed E-state index contributed by atoms with van der Waals surface area (Å²) >= 11 is 0. The van der Waals surface area contributed by atoms with E-state index in [1.165, 1.54) is 5.39 Å². The Morgan fingerprint density at radius 3 is 1.69 bits per heavy atom. The quantitative estimate of drug-likeness (QED) is 0.162. The van der Waals surface area contributed by atoms with Gasteiger partial charge in [0.15, 0.2) is 0 Å². The van der Waals surface area contributed by atoms with Gasteiger partial charge in [-0.15, -0.1) is 0 Å². The zero-order valence-electron chi connectivity index (χ0n) is 35.4. The SMILES string of the molecule is [2H]c1c([2H])c(N(c2ccc(-c3ccc4ccccc4c3)cc2)c2ccc(-c3cccc4oc5c6ccccc6ccc5c34)cc2)c([2H])c([2H])c1-c1cccc(-c2ccccc2)c1. The summed E-state index contributed by atoms with van der Waals surface area (Å²) in [6.07, 6.45) is 0. The van der Waals surface area contributed by atoms with Gasteiger partial charge in [-0.05, 0) is 121 Å². The van der Waals surface area contributed by atoms with Crippen molar-refractivity contribution in [2.75, 3.05) is 4.90 Å². The Morgan fingerprint density at radius 1 is 0.345 bits per heavy atom. The smallest absolute Gasteiger partial charge is 0.143 e. The van der Waals surface area contributed by atoms with E-state index in [-0.39, 0.29) is 35.4 Å². The fourth-order valence-electron chi connectivity index (χ4n) is 8.21. The molecule has 1 heterocycles. The van der Waals surface area contributed by atoms with Crippen molar-refractivity contribution >= 4 is 60.5 Å². The third-order valence-electron chi connectivity index (χ3n) is 11.1. The first kappa shape index (κ1) is 29.6. The van der Waals surface area contributed by atoms with Crippen molar-refractivity contribution in [3.8, 4) is 44.5 Å². The van der Waals surface area contributed by atoms with Crippen LogP contribution in [0.1, 0.15) is 5.48 Å². The largest absolute Gasteiger partial charge is 0.455 e. The van der Waals surface area contributed by atoms with E-state index < -0.39 is 0 Å². The van der Waals surface area contributed by atoms with Crippen molar-refractivity contribution in [1.29, 1.82) is 0 Å². The number of anilines is 3. The molecular weight excluding hydrogens is 703 g/mol. The summed E-state index contributed by atoms with van der Waals surface area (Å²) in [5.74, 6) is 0. The molecule has 11 aromatic rings. The van der Waals surface area contributed by atoms with Gasteiger partial charge in [0.05, 0.1) is 5.48 Å². The molecule has 0 saturated carbocycles. The van der Waals surface area contributed by atoms with Gasteiger partial charge in [0.2, 0.25) is 0 Å². The topological polar surface area (TPSA) is 16.4 Å². The Kier molecular flexibility index (Phi) is 7.20. The van der Waals surface area contributed by atoms with E-state index in [4.69, 9.17) is 4.42 Å². The van der Waals surface area contributed by atoms with Crippen molar-refractivity contribution in [1.82, 2.24) is 0 Å². The molecule has 0 amide bonds. The third-order valence-corrected chi connectivity index (χ3v) is 11.1. The molecule has 0 saturated heterocycles. The van der Waals surface area contributed by atoms with E-state index in [2.05, 4.69) is 84.9 Å². The van der Waals surface area contributed by atoms with Crippen LogP contribution >= 0.6 is 0 Å². The van der Waals surface area contributed by atoms with Gasteiger partial charge in [-0.25, -0.2) is 0 Å². The van der Waals surface area contributed by atoms with Crippen molar-refractivity contribution in [3.63, 3.8) is 0 Å². The first-order valence-electron chi connectivity index (χ1n) is 21.5. The van der Waals surface area contributed by atoms with Crippen molar-refractivity contribution in [2.24, 2.45) is 0 Å². The maximum atomic E-state index is 9.56. The van der Waals surface area contributed by atoms with Gasteiger partial charge in [0, 0.05) is 33.2 Å². The molecule has 0 aliphatic heterocycles. The predicted octanol–water partition coefficient (Wildman–Crippen LogP) is 16.0. The molecule has 0 spiro atoms. The lowest BCUT2D eigenvalue weighted by atomic mass is 9.97. The Hall–Kier alpha value is -7.68. The van der Waals surface area contributed by atoms with E-state index in [1.54, 1.807) is 0 Å². The summed E-state index contributed by atoms with van der Waals surface area (Å²) in [6, 6.07) is 66.7. The maximum absolute atomic E-state index is 9.56. The molecule has 11 rings (SSSR count). The number of hydrogen-bond acceptors (Lipinski definition) is 2. The number of nitrogens with zero attached hydrogens (tertiary/aromatic N) is 1. The van der Waals surface area contributed by atoms with Crippen molar-refractivity contribution in [2.45, 2.75) is 0 Å². The van der Waals surface area contributed by atoms with Gasteiger partial charge in [0.1, 0.15) is 11.2 Å². The second-order valence-corrected chi connectivity index (χ2v) is 14.6. The van der Waals surface area contributed by atoms with Gasteiger partial charge in [-0.1, -0.05) is 164 Å². The minimum atomic E-state index is -0.129. The predicted molar refractivity (Wildman–Crippen MR) is 245 cm³/mol. The van der Waals surface area contributed by atoms with Crippen LogP contribution in [0.3, 0.4) is 0 Å². The third kappa shape index (κ3) is 6.00. The second kappa shape index (κ2) is 14.1. The van der Waals surface area contributed by atoms with E-state index in [0.717, 1.165) is 71.5 Å². The van der Waals surface area contributed by atoms with Crippen LogP contribution in [0.5, 0.6) is 0 Å². The molecule has 58 heavy (non-hydrogen) atoms. The molecule has 0 radical (unpaired) electrons. The van der Waals surface area contributed by atoms with Crippen molar-refractivity contribution < 1.29 is 9.90 Å². The lowest BCUT2D eigenvalue weighted by Gasteiger charge is -2.26. The molecule has 0 bridgehead atoms. The molecule has 0 aliphatic rings. The highest BCUT2D eigenvalue weighted by Crippen LogP contribution is 2.42. The minimum Gasteiger partial charge on any atom is -0.455 e. The molecular formula is C56H37NO. The highest BCUT2D eigenvalue weighted by molar-refractivity contribution is 6.19.